The summed E-state index contributed by atoms with van der Waals surface area (Å²) in [5, 5.41) is -0.175. The molecule has 0 aromatic heterocycles. The molecule has 2 amide bonds. The van der Waals surface area contributed by atoms with Crippen molar-refractivity contribution >= 4 is 24.5 Å². The highest BCUT2D eigenvalue weighted by atomic mass is 31.1. The molecule has 5 heteroatoms. The zero-order chi connectivity index (χ0) is 7.78. The molecule has 2 N–H and O–H groups in total. The molecule has 3 nitrogen and oxygen atoms in total. The second-order valence-electron chi connectivity index (χ2n) is 2.58. The normalized spacial score (nSPS) is 23.2. The van der Waals surface area contributed by atoms with E-state index in [-0.39, 0.29) is 11.1 Å². The smallest absolute Gasteiger partial charge is 0.315 e. The van der Waals surface area contributed by atoms with Crippen molar-refractivity contribution in [3.05, 3.63) is 0 Å². The number of primary amides is 1. The molecule has 1 heterocycles. The summed E-state index contributed by atoms with van der Waals surface area (Å²) in [5.74, 6) is 0. The average Bonchev–Trinajstić information content (AvgIpc) is 2.08. The Labute approximate surface area is 65.1 Å². The first kappa shape index (κ1) is 8.23. The third kappa shape index (κ3) is 1.41. The van der Waals surface area contributed by atoms with Gasteiger partial charge in [0.2, 0.25) is 0 Å². The second kappa shape index (κ2) is 2.64. The van der Waals surface area contributed by atoms with Crippen molar-refractivity contribution < 1.29 is 4.79 Å². The van der Waals surface area contributed by atoms with Gasteiger partial charge in [0.05, 0.1) is 5.02 Å². The number of amides is 2. The summed E-state index contributed by atoms with van der Waals surface area (Å²) < 4.78 is 0. The van der Waals surface area contributed by atoms with E-state index in [0.717, 1.165) is 19.4 Å². The third-order valence-corrected chi connectivity index (χ3v) is 2.93. The molecule has 0 aromatic carbocycles. The molecule has 58 valence electrons. The van der Waals surface area contributed by atoms with Gasteiger partial charge in [-0.05, 0) is 12.8 Å². The Balaban J connectivity index is 2.68. The molecule has 2 unspecified atom stereocenters. The number of urea groups is 1. The van der Waals surface area contributed by atoms with Crippen LogP contribution in [0, 0.1) is 0 Å². The lowest BCUT2D eigenvalue weighted by Gasteiger charge is -2.29. The van der Waals surface area contributed by atoms with Gasteiger partial charge in [0.15, 0.2) is 0 Å². The molecular formula is C5H12N2OP2. The maximum Gasteiger partial charge on any atom is 0.315 e. The first-order chi connectivity index (χ1) is 4.54. The van der Waals surface area contributed by atoms with Crippen LogP contribution in [-0.4, -0.2) is 22.5 Å². The van der Waals surface area contributed by atoms with E-state index in [1.54, 1.807) is 4.90 Å². The maximum absolute atomic E-state index is 10.7. The van der Waals surface area contributed by atoms with E-state index in [4.69, 9.17) is 5.73 Å². The second-order valence-corrected chi connectivity index (χ2v) is 5.25. The fourth-order valence-electron chi connectivity index (χ4n) is 1.18. The van der Waals surface area contributed by atoms with Gasteiger partial charge in [0.1, 0.15) is 0 Å². The molecule has 0 spiro atoms. The van der Waals surface area contributed by atoms with Crippen LogP contribution in [-0.2, 0) is 0 Å². The molecule has 1 aliphatic heterocycles. The Bertz CT molecular complexity index is 160. The number of nitrogens with two attached hydrogens (primary N) is 1. The van der Waals surface area contributed by atoms with Crippen LogP contribution in [0.2, 0.25) is 0 Å². The van der Waals surface area contributed by atoms with Gasteiger partial charge in [-0.15, -0.1) is 18.5 Å². The van der Waals surface area contributed by atoms with E-state index in [0.29, 0.717) is 0 Å². The Hall–Kier alpha value is 0.130. The van der Waals surface area contributed by atoms with Crippen molar-refractivity contribution in [2.45, 2.75) is 17.9 Å². The number of nitrogens with zero attached hydrogens (tertiary/aromatic N) is 1. The summed E-state index contributed by atoms with van der Waals surface area (Å²) in [4.78, 5) is 12.4. The van der Waals surface area contributed by atoms with Gasteiger partial charge in [-0.2, -0.15) is 0 Å². The minimum absolute atomic E-state index is 0.175. The van der Waals surface area contributed by atoms with Crippen LogP contribution < -0.4 is 5.73 Å². The monoisotopic (exact) mass is 178 g/mol. The molecule has 1 fully saturated rings. The Morgan fingerprint density at radius 3 is 2.40 bits per heavy atom. The molecule has 10 heavy (non-hydrogen) atoms. The van der Waals surface area contributed by atoms with Crippen molar-refractivity contribution in [1.82, 2.24) is 4.90 Å². The molecular weight excluding hydrogens is 166 g/mol. The summed E-state index contributed by atoms with van der Waals surface area (Å²) in [6.07, 6.45) is 2.03. The minimum Gasteiger partial charge on any atom is -0.351 e. The number of hydrogen-bond donors (Lipinski definition) is 1. The summed E-state index contributed by atoms with van der Waals surface area (Å²) >= 11 is 0. The zero-order valence-electron chi connectivity index (χ0n) is 5.71. The van der Waals surface area contributed by atoms with Crippen LogP contribution >= 0.6 is 18.5 Å². The highest BCUT2D eigenvalue weighted by molar-refractivity contribution is 7.39. The van der Waals surface area contributed by atoms with Crippen molar-refractivity contribution in [2.24, 2.45) is 5.73 Å². The Morgan fingerprint density at radius 2 is 2.20 bits per heavy atom. The van der Waals surface area contributed by atoms with E-state index < -0.39 is 0 Å². The van der Waals surface area contributed by atoms with Crippen LogP contribution in [0.1, 0.15) is 12.8 Å². The van der Waals surface area contributed by atoms with Crippen LogP contribution in [0.3, 0.4) is 0 Å². The van der Waals surface area contributed by atoms with Gasteiger partial charge in [-0.25, -0.2) is 4.79 Å². The Morgan fingerprint density at radius 1 is 1.60 bits per heavy atom. The lowest BCUT2D eigenvalue weighted by atomic mass is 10.4. The quantitative estimate of drug-likeness (QED) is 0.541. The first-order valence-electron chi connectivity index (χ1n) is 3.19. The summed E-state index contributed by atoms with van der Waals surface area (Å²) in [6, 6.07) is -0.331. The minimum atomic E-state index is -0.331. The summed E-state index contributed by atoms with van der Waals surface area (Å²) in [7, 11) is 5.25. The van der Waals surface area contributed by atoms with Gasteiger partial charge in [0.25, 0.3) is 0 Å². The van der Waals surface area contributed by atoms with Crippen LogP contribution in [0.15, 0.2) is 0 Å². The van der Waals surface area contributed by atoms with Gasteiger partial charge >= 0.3 is 6.03 Å². The molecule has 1 rings (SSSR count). The summed E-state index contributed by atoms with van der Waals surface area (Å²) in [6.45, 7) is 0.780. The molecule has 0 bridgehead atoms. The van der Waals surface area contributed by atoms with Crippen molar-refractivity contribution in [1.29, 1.82) is 0 Å². The van der Waals surface area contributed by atoms with Crippen molar-refractivity contribution in [3.8, 4) is 0 Å². The Kier molecular flexibility index (Phi) is 2.17. The number of likely N-dealkylation sites (tertiary alicyclic amines) is 1. The third-order valence-electron chi connectivity index (χ3n) is 1.73. The molecule has 1 aliphatic rings. The fourth-order valence-corrected chi connectivity index (χ4v) is 2.10. The van der Waals surface area contributed by atoms with E-state index in [2.05, 4.69) is 18.5 Å². The van der Waals surface area contributed by atoms with Gasteiger partial charge in [-0.3, -0.25) is 0 Å². The first-order valence-corrected chi connectivity index (χ1v) is 4.34. The fraction of sp³-hybridized carbons (Fsp3) is 0.800. The summed E-state index contributed by atoms with van der Waals surface area (Å²) in [5.41, 5.74) is 5.13. The van der Waals surface area contributed by atoms with E-state index in [9.17, 15) is 4.79 Å². The molecule has 1 saturated heterocycles. The largest absolute Gasteiger partial charge is 0.351 e. The van der Waals surface area contributed by atoms with Crippen LogP contribution in [0.25, 0.3) is 0 Å². The number of carbonyl (C=O) groups excluding carboxylic acids is 1. The zero-order valence-corrected chi connectivity index (χ0v) is 8.02. The van der Waals surface area contributed by atoms with Gasteiger partial charge in [-0.1, -0.05) is 0 Å². The topological polar surface area (TPSA) is 46.3 Å². The standard InChI is InChI=1S/C5H12N2OP2/c6-4(8)7-3-1-2-5(7,9)10/h1-3,9-10H2,(H2,6,8). The van der Waals surface area contributed by atoms with E-state index in [1.165, 1.54) is 0 Å². The predicted octanol–water partition coefficient (Wildman–Crippen LogP) is 0.565. The van der Waals surface area contributed by atoms with Gasteiger partial charge < -0.3 is 10.6 Å². The number of rotatable bonds is 0. The molecule has 0 saturated carbocycles. The van der Waals surface area contributed by atoms with Crippen LogP contribution in [0.4, 0.5) is 4.79 Å². The van der Waals surface area contributed by atoms with E-state index in [1.807, 2.05) is 0 Å². The maximum atomic E-state index is 10.7. The van der Waals surface area contributed by atoms with Crippen molar-refractivity contribution in [2.75, 3.05) is 6.54 Å². The lowest BCUT2D eigenvalue weighted by molar-refractivity contribution is 0.211. The lowest BCUT2D eigenvalue weighted by Crippen LogP contribution is -2.41. The predicted molar refractivity (Wildman–Crippen MR) is 47.7 cm³/mol. The number of hydrogen-bond acceptors (Lipinski definition) is 1. The average molecular weight is 178 g/mol. The molecule has 2 atom stereocenters. The van der Waals surface area contributed by atoms with Crippen molar-refractivity contribution in [3.63, 3.8) is 0 Å². The molecule has 0 radical (unpaired) electrons. The highest BCUT2D eigenvalue weighted by Gasteiger charge is 2.34. The van der Waals surface area contributed by atoms with Gasteiger partial charge in [0, 0.05) is 6.54 Å². The SMILES string of the molecule is NC(=O)N1CCCC1(P)P. The van der Waals surface area contributed by atoms with E-state index >= 15 is 0 Å². The molecule has 0 aromatic rings. The van der Waals surface area contributed by atoms with Crippen LogP contribution in [0.5, 0.6) is 0 Å². The number of carbonyl (C=O) groups is 1. The molecule has 0 aliphatic carbocycles. The highest BCUT2D eigenvalue weighted by Crippen LogP contribution is 2.40.